The van der Waals surface area contributed by atoms with E-state index in [1.807, 2.05) is 12.1 Å². The first kappa shape index (κ1) is 9.90. The second kappa shape index (κ2) is 4.17. The molecule has 0 saturated heterocycles. The molecule has 1 aromatic rings. The number of anilines is 2. The molecule has 0 fully saturated rings. The maximum atomic E-state index is 5.91. The van der Waals surface area contributed by atoms with Crippen LogP contribution in [0.3, 0.4) is 0 Å². The highest BCUT2D eigenvalue weighted by Crippen LogP contribution is 2.25. The standard InChI is InChI=1S/C11H18N2/c1-4-8-13(3)11-9(2)6-5-7-10(11)12/h5-7H,4,8,12H2,1-3H3. The van der Waals surface area contributed by atoms with Crippen molar-refractivity contribution in [3.63, 3.8) is 0 Å². The molecule has 72 valence electrons. The number of nitrogen functional groups attached to an aromatic ring is 1. The largest absolute Gasteiger partial charge is 0.397 e. The Hall–Kier alpha value is -1.18. The van der Waals surface area contributed by atoms with Crippen LogP contribution < -0.4 is 10.6 Å². The molecule has 0 unspecified atom stereocenters. The lowest BCUT2D eigenvalue weighted by Gasteiger charge is -2.22. The fraction of sp³-hybridized carbons (Fsp3) is 0.455. The van der Waals surface area contributed by atoms with E-state index < -0.39 is 0 Å². The maximum Gasteiger partial charge on any atom is 0.0626 e. The summed E-state index contributed by atoms with van der Waals surface area (Å²) in [5.74, 6) is 0. The molecular weight excluding hydrogens is 160 g/mol. The quantitative estimate of drug-likeness (QED) is 0.720. The highest BCUT2D eigenvalue weighted by molar-refractivity contribution is 5.70. The predicted octanol–water partition coefficient (Wildman–Crippen LogP) is 2.42. The van der Waals surface area contributed by atoms with Gasteiger partial charge in [-0.3, -0.25) is 0 Å². The van der Waals surface area contributed by atoms with E-state index in [0.717, 1.165) is 18.7 Å². The van der Waals surface area contributed by atoms with Gasteiger partial charge in [0.15, 0.2) is 0 Å². The topological polar surface area (TPSA) is 29.3 Å². The van der Waals surface area contributed by atoms with E-state index in [1.54, 1.807) is 0 Å². The van der Waals surface area contributed by atoms with Gasteiger partial charge in [-0.2, -0.15) is 0 Å². The van der Waals surface area contributed by atoms with Gasteiger partial charge in [-0.05, 0) is 25.0 Å². The first-order valence-electron chi connectivity index (χ1n) is 4.73. The summed E-state index contributed by atoms with van der Waals surface area (Å²) >= 11 is 0. The number of nitrogens with zero attached hydrogens (tertiary/aromatic N) is 1. The number of para-hydroxylation sites is 1. The molecule has 0 aromatic heterocycles. The van der Waals surface area contributed by atoms with Crippen LogP contribution in [0.4, 0.5) is 11.4 Å². The van der Waals surface area contributed by atoms with Gasteiger partial charge < -0.3 is 10.6 Å². The number of hydrogen-bond donors (Lipinski definition) is 1. The van der Waals surface area contributed by atoms with Crippen molar-refractivity contribution in [1.82, 2.24) is 0 Å². The fourth-order valence-corrected chi connectivity index (χ4v) is 1.65. The lowest BCUT2D eigenvalue weighted by atomic mass is 10.1. The molecular formula is C11H18N2. The molecule has 2 N–H and O–H groups in total. The van der Waals surface area contributed by atoms with Crippen LogP contribution >= 0.6 is 0 Å². The Morgan fingerprint density at radius 1 is 1.38 bits per heavy atom. The van der Waals surface area contributed by atoms with Crippen molar-refractivity contribution in [1.29, 1.82) is 0 Å². The van der Waals surface area contributed by atoms with Crippen molar-refractivity contribution in [3.05, 3.63) is 23.8 Å². The molecule has 0 aliphatic rings. The molecule has 0 atom stereocenters. The summed E-state index contributed by atoms with van der Waals surface area (Å²) in [5, 5.41) is 0. The molecule has 0 radical (unpaired) electrons. The van der Waals surface area contributed by atoms with Crippen molar-refractivity contribution in [3.8, 4) is 0 Å². The minimum Gasteiger partial charge on any atom is -0.397 e. The fourth-order valence-electron chi connectivity index (χ4n) is 1.65. The Balaban J connectivity index is 2.98. The summed E-state index contributed by atoms with van der Waals surface area (Å²) < 4.78 is 0. The molecule has 0 saturated carbocycles. The molecule has 0 bridgehead atoms. The SMILES string of the molecule is CCCN(C)c1c(C)cccc1N. The number of rotatable bonds is 3. The van der Waals surface area contributed by atoms with E-state index >= 15 is 0 Å². The minimum absolute atomic E-state index is 0.871. The molecule has 1 aromatic carbocycles. The molecule has 0 aliphatic heterocycles. The Kier molecular flexibility index (Phi) is 3.18. The van der Waals surface area contributed by atoms with Gasteiger partial charge in [-0.1, -0.05) is 19.1 Å². The number of nitrogens with two attached hydrogens (primary N) is 1. The molecule has 2 nitrogen and oxygen atoms in total. The van der Waals surface area contributed by atoms with Crippen molar-refractivity contribution in [2.75, 3.05) is 24.2 Å². The third-order valence-electron chi connectivity index (χ3n) is 2.21. The van der Waals surface area contributed by atoms with Gasteiger partial charge in [0.2, 0.25) is 0 Å². The van der Waals surface area contributed by atoms with Gasteiger partial charge >= 0.3 is 0 Å². The molecule has 0 aliphatic carbocycles. The zero-order valence-corrected chi connectivity index (χ0v) is 8.67. The Morgan fingerprint density at radius 2 is 2.08 bits per heavy atom. The lowest BCUT2D eigenvalue weighted by Crippen LogP contribution is -2.20. The van der Waals surface area contributed by atoms with Gasteiger partial charge in [-0.25, -0.2) is 0 Å². The van der Waals surface area contributed by atoms with Crippen LogP contribution in [0.5, 0.6) is 0 Å². The van der Waals surface area contributed by atoms with E-state index in [0.29, 0.717) is 0 Å². The summed E-state index contributed by atoms with van der Waals surface area (Å²) in [6.45, 7) is 5.32. The Labute approximate surface area is 80.4 Å². The smallest absolute Gasteiger partial charge is 0.0626 e. The van der Waals surface area contributed by atoms with Crippen LogP contribution in [0, 0.1) is 6.92 Å². The Bertz CT molecular complexity index is 261. The zero-order chi connectivity index (χ0) is 9.84. The predicted molar refractivity (Wildman–Crippen MR) is 59.2 cm³/mol. The van der Waals surface area contributed by atoms with E-state index in [9.17, 15) is 0 Å². The van der Waals surface area contributed by atoms with Crippen molar-refractivity contribution in [2.45, 2.75) is 20.3 Å². The summed E-state index contributed by atoms with van der Waals surface area (Å²) in [4.78, 5) is 2.21. The van der Waals surface area contributed by atoms with E-state index in [2.05, 4.69) is 31.9 Å². The first-order valence-corrected chi connectivity index (χ1v) is 4.73. The molecule has 0 heterocycles. The lowest BCUT2D eigenvalue weighted by molar-refractivity contribution is 0.850. The summed E-state index contributed by atoms with van der Waals surface area (Å²) in [7, 11) is 2.09. The second-order valence-corrected chi connectivity index (χ2v) is 3.43. The number of hydrogen-bond acceptors (Lipinski definition) is 2. The summed E-state index contributed by atoms with van der Waals surface area (Å²) in [6, 6.07) is 6.04. The number of aryl methyl sites for hydroxylation is 1. The third kappa shape index (κ3) is 2.14. The van der Waals surface area contributed by atoms with Gasteiger partial charge in [0, 0.05) is 13.6 Å². The molecule has 0 amide bonds. The van der Waals surface area contributed by atoms with E-state index in [1.165, 1.54) is 11.3 Å². The van der Waals surface area contributed by atoms with Crippen LogP contribution in [0.1, 0.15) is 18.9 Å². The van der Waals surface area contributed by atoms with Crippen LogP contribution in [0.15, 0.2) is 18.2 Å². The van der Waals surface area contributed by atoms with Crippen molar-refractivity contribution in [2.24, 2.45) is 0 Å². The minimum atomic E-state index is 0.871. The molecule has 0 spiro atoms. The van der Waals surface area contributed by atoms with Crippen LogP contribution in [-0.4, -0.2) is 13.6 Å². The third-order valence-corrected chi connectivity index (χ3v) is 2.21. The van der Waals surface area contributed by atoms with E-state index in [-0.39, 0.29) is 0 Å². The van der Waals surface area contributed by atoms with Gasteiger partial charge in [0.25, 0.3) is 0 Å². The van der Waals surface area contributed by atoms with Crippen LogP contribution in [0.2, 0.25) is 0 Å². The number of benzene rings is 1. The van der Waals surface area contributed by atoms with Crippen molar-refractivity contribution >= 4 is 11.4 Å². The van der Waals surface area contributed by atoms with E-state index in [4.69, 9.17) is 5.73 Å². The normalized spacial score (nSPS) is 10.1. The van der Waals surface area contributed by atoms with Gasteiger partial charge in [0.05, 0.1) is 11.4 Å². The Morgan fingerprint density at radius 3 is 2.62 bits per heavy atom. The highest BCUT2D eigenvalue weighted by atomic mass is 15.1. The molecule has 2 heteroatoms. The average molecular weight is 178 g/mol. The molecule has 13 heavy (non-hydrogen) atoms. The van der Waals surface area contributed by atoms with Gasteiger partial charge in [-0.15, -0.1) is 0 Å². The van der Waals surface area contributed by atoms with Crippen LogP contribution in [0.25, 0.3) is 0 Å². The van der Waals surface area contributed by atoms with Gasteiger partial charge in [0.1, 0.15) is 0 Å². The summed E-state index contributed by atoms with van der Waals surface area (Å²) in [5.41, 5.74) is 9.20. The van der Waals surface area contributed by atoms with Crippen molar-refractivity contribution < 1.29 is 0 Å². The van der Waals surface area contributed by atoms with Crippen LogP contribution in [-0.2, 0) is 0 Å². The summed E-state index contributed by atoms with van der Waals surface area (Å²) in [6.07, 6.45) is 1.14. The molecule has 1 rings (SSSR count). The first-order chi connectivity index (χ1) is 6.16. The monoisotopic (exact) mass is 178 g/mol. The highest BCUT2D eigenvalue weighted by Gasteiger charge is 2.06. The zero-order valence-electron chi connectivity index (χ0n) is 8.67. The average Bonchev–Trinajstić information content (AvgIpc) is 2.04. The second-order valence-electron chi connectivity index (χ2n) is 3.43. The maximum absolute atomic E-state index is 5.91.